The molecule has 4 rings (SSSR count). The van der Waals surface area contributed by atoms with Crippen LogP contribution >= 0.6 is 0 Å². The zero-order valence-electron chi connectivity index (χ0n) is 16.5. The van der Waals surface area contributed by atoms with Crippen LogP contribution in [0.4, 0.5) is 0 Å². The highest BCUT2D eigenvalue weighted by Crippen LogP contribution is 2.37. The van der Waals surface area contributed by atoms with Crippen molar-refractivity contribution in [2.75, 3.05) is 39.3 Å². The van der Waals surface area contributed by atoms with Crippen molar-refractivity contribution in [3.8, 4) is 0 Å². The average Bonchev–Trinajstić information content (AvgIpc) is 2.72. The molecule has 0 bridgehead atoms. The smallest absolute Gasteiger partial charge is 0.232 e. The van der Waals surface area contributed by atoms with Gasteiger partial charge < -0.3 is 14.9 Å². The Kier molecular flexibility index (Phi) is 5.93. The van der Waals surface area contributed by atoms with Crippen molar-refractivity contribution >= 4 is 5.90 Å². The molecule has 1 aromatic heterocycles. The number of rotatable bonds is 5. The molecule has 2 fully saturated rings. The number of aromatic nitrogens is 1. The molecule has 1 atom stereocenters. The van der Waals surface area contributed by atoms with Crippen LogP contribution in [0.1, 0.15) is 43.4 Å². The molecule has 3 aliphatic rings. The first-order valence-electron chi connectivity index (χ1n) is 10.5. The molecular weight excluding hydrogens is 340 g/mol. The summed E-state index contributed by atoms with van der Waals surface area (Å²) in [4.78, 5) is 12.7. The number of likely N-dealkylation sites (tertiary alicyclic amines) is 1. The minimum Gasteiger partial charge on any atom is -0.470 e. The van der Waals surface area contributed by atoms with Crippen molar-refractivity contribution in [3.63, 3.8) is 0 Å². The van der Waals surface area contributed by atoms with Crippen LogP contribution < -0.4 is 5.32 Å². The van der Waals surface area contributed by atoms with Gasteiger partial charge in [-0.05, 0) is 76.8 Å². The van der Waals surface area contributed by atoms with Crippen molar-refractivity contribution in [2.24, 2.45) is 10.6 Å². The van der Waals surface area contributed by atoms with E-state index in [1.807, 2.05) is 12.3 Å². The minimum absolute atomic E-state index is 0.0809. The summed E-state index contributed by atoms with van der Waals surface area (Å²) >= 11 is 0. The fraction of sp³-hybridized carbons (Fsp3) is 0.714. The van der Waals surface area contributed by atoms with Crippen LogP contribution in [0.3, 0.4) is 0 Å². The largest absolute Gasteiger partial charge is 0.470 e. The predicted octanol–water partition coefficient (Wildman–Crippen LogP) is 2.52. The SMILES string of the molecule is Cc1ncccc1CC1(C2=NOC[C@@H](CN3CCCCC3)O2)CCNCC1. The fourth-order valence-corrected chi connectivity index (χ4v) is 4.57. The van der Waals surface area contributed by atoms with Gasteiger partial charge in [0, 0.05) is 18.4 Å². The van der Waals surface area contributed by atoms with Gasteiger partial charge >= 0.3 is 0 Å². The van der Waals surface area contributed by atoms with Crippen molar-refractivity contribution in [2.45, 2.75) is 51.6 Å². The molecule has 0 spiro atoms. The van der Waals surface area contributed by atoms with Crippen LogP contribution in [-0.4, -0.2) is 61.2 Å². The minimum atomic E-state index is -0.0976. The molecule has 1 aromatic rings. The number of oxime groups is 1. The van der Waals surface area contributed by atoms with E-state index in [0.717, 1.165) is 50.5 Å². The summed E-state index contributed by atoms with van der Waals surface area (Å²) in [6.45, 7) is 7.91. The number of ether oxygens (including phenoxy) is 1. The molecule has 148 valence electrons. The molecule has 0 amide bonds. The maximum absolute atomic E-state index is 6.48. The number of aryl methyl sites for hydroxylation is 1. The number of hydrogen-bond donors (Lipinski definition) is 1. The number of nitrogens with one attached hydrogen (secondary N) is 1. The van der Waals surface area contributed by atoms with Gasteiger partial charge in [0.2, 0.25) is 5.90 Å². The van der Waals surface area contributed by atoms with E-state index in [-0.39, 0.29) is 11.5 Å². The first-order chi connectivity index (χ1) is 13.3. The van der Waals surface area contributed by atoms with E-state index in [9.17, 15) is 0 Å². The maximum atomic E-state index is 6.48. The Labute approximate surface area is 162 Å². The van der Waals surface area contributed by atoms with E-state index in [2.05, 4.69) is 33.3 Å². The highest BCUT2D eigenvalue weighted by Gasteiger charge is 2.42. The second kappa shape index (κ2) is 8.57. The lowest BCUT2D eigenvalue weighted by atomic mass is 9.73. The molecule has 0 radical (unpaired) electrons. The molecular formula is C21H32N4O2. The fourth-order valence-electron chi connectivity index (χ4n) is 4.57. The summed E-state index contributed by atoms with van der Waals surface area (Å²) < 4.78 is 6.48. The Morgan fingerprint density at radius 3 is 2.81 bits per heavy atom. The Morgan fingerprint density at radius 1 is 1.22 bits per heavy atom. The number of nitrogens with zero attached hydrogens (tertiary/aromatic N) is 3. The average molecular weight is 373 g/mol. The van der Waals surface area contributed by atoms with E-state index < -0.39 is 0 Å². The number of hydrogen-bond acceptors (Lipinski definition) is 6. The van der Waals surface area contributed by atoms with Gasteiger partial charge in [-0.1, -0.05) is 17.6 Å². The first kappa shape index (κ1) is 18.7. The molecule has 0 aromatic carbocycles. The number of pyridine rings is 1. The van der Waals surface area contributed by atoms with Gasteiger partial charge in [-0.15, -0.1) is 0 Å². The van der Waals surface area contributed by atoms with Gasteiger partial charge in [0.05, 0.1) is 5.41 Å². The predicted molar refractivity (Wildman–Crippen MR) is 106 cm³/mol. The Balaban J connectivity index is 1.49. The maximum Gasteiger partial charge on any atom is 0.232 e. The van der Waals surface area contributed by atoms with Crippen molar-refractivity contribution in [1.82, 2.24) is 15.2 Å². The van der Waals surface area contributed by atoms with Crippen LogP contribution in [0.25, 0.3) is 0 Å². The van der Waals surface area contributed by atoms with E-state index in [4.69, 9.17) is 9.57 Å². The molecule has 6 nitrogen and oxygen atoms in total. The molecule has 4 heterocycles. The second-order valence-electron chi connectivity index (χ2n) is 8.25. The van der Waals surface area contributed by atoms with Crippen LogP contribution in [0, 0.1) is 12.3 Å². The van der Waals surface area contributed by atoms with Gasteiger partial charge in [0.15, 0.2) is 6.61 Å². The lowest BCUT2D eigenvalue weighted by Crippen LogP contribution is -2.49. The van der Waals surface area contributed by atoms with Crippen LogP contribution in [0.2, 0.25) is 0 Å². The van der Waals surface area contributed by atoms with Crippen LogP contribution in [0.5, 0.6) is 0 Å². The quantitative estimate of drug-likeness (QED) is 0.861. The van der Waals surface area contributed by atoms with Crippen molar-refractivity contribution < 1.29 is 9.57 Å². The molecule has 0 saturated carbocycles. The lowest BCUT2D eigenvalue weighted by molar-refractivity contribution is -0.0242. The second-order valence-corrected chi connectivity index (χ2v) is 8.25. The molecule has 1 N–H and O–H groups in total. The molecule has 3 aliphatic heterocycles. The zero-order valence-corrected chi connectivity index (χ0v) is 16.5. The van der Waals surface area contributed by atoms with E-state index in [0.29, 0.717) is 6.61 Å². The molecule has 2 saturated heterocycles. The first-order valence-corrected chi connectivity index (χ1v) is 10.5. The van der Waals surface area contributed by atoms with Gasteiger partial charge in [0.25, 0.3) is 0 Å². The molecule has 6 heteroatoms. The van der Waals surface area contributed by atoms with Crippen LogP contribution in [0.15, 0.2) is 23.5 Å². The third-order valence-electron chi connectivity index (χ3n) is 6.26. The topological polar surface area (TPSA) is 59.0 Å². The highest BCUT2D eigenvalue weighted by atomic mass is 16.7. The van der Waals surface area contributed by atoms with Gasteiger partial charge in [-0.3, -0.25) is 9.88 Å². The van der Waals surface area contributed by atoms with Gasteiger partial charge in [-0.25, -0.2) is 0 Å². The van der Waals surface area contributed by atoms with E-state index in [1.165, 1.54) is 37.9 Å². The molecule has 27 heavy (non-hydrogen) atoms. The summed E-state index contributed by atoms with van der Waals surface area (Å²) in [6.07, 6.45) is 8.82. The van der Waals surface area contributed by atoms with Gasteiger partial charge in [0.1, 0.15) is 6.10 Å². The summed E-state index contributed by atoms with van der Waals surface area (Å²) in [6, 6.07) is 4.21. The summed E-state index contributed by atoms with van der Waals surface area (Å²) in [7, 11) is 0. The molecule has 0 unspecified atom stereocenters. The highest BCUT2D eigenvalue weighted by molar-refractivity contribution is 5.83. The Hall–Kier alpha value is -1.66. The third kappa shape index (κ3) is 4.43. The molecule has 0 aliphatic carbocycles. The van der Waals surface area contributed by atoms with Crippen molar-refractivity contribution in [3.05, 3.63) is 29.6 Å². The summed E-state index contributed by atoms with van der Waals surface area (Å²) in [5, 5.41) is 7.90. The normalized spacial score (nSPS) is 26.0. The Morgan fingerprint density at radius 2 is 2.04 bits per heavy atom. The monoisotopic (exact) mass is 372 g/mol. The van der Waals surface area contributed by atoms with Crippen molar-refractivity contribution in [1.29, 1.82) is 0 Å². The number of piperidine rings is 2. The standard InChI is InChI=1S/C21H32N4O2/c1-17-18(6-5-9-23-17)14-21(7-10-22-11-8-21)20-24-26-16-19(27-20)15-25-12-3-2-4-13-25/h5-6,9,19,22H,2-4,7-8,10-16H2,1H3/t19-/m1/s1. The Bertz CT molecular complexity index is 651. The van der Waals surface area contributed by atoms with Crippen LogP contribution in [-0.2, 0) is 16.0 Å². The summed E-state index contributed by atoms with van der Waals surface area (Å²) in [5.41, 5.74) is 2.28. The zero-order chi connectivity index (χ0) is 18.5. The van der Waals surface area contributed by atoms with E-state index >= 15 is 0 Å². The van der Waals surface area contributed by atoms with Gasteiger partial charge in [-0.2, -0.15) is 0 Å². The third-order valence-corrected chi connectivity index (χ3v) is 6.26. The lowest BCUT2D eigenvalue weighted by Gasteiger charge is -2.41. The summed E-state index contributed by atoms with van der Waals surface area (Å²) in [5.74, 6) is 0.806. The van der Waals surface area contributed by atoms with E-state index in [1.54, 1.807) is 0 Å².